The lowest BCUT2D eigenvalue weighted by atomic mass is 9.78. The van der Waals surface area contributed by atoms with Crippen molar-refractivity contribution in [2.45, 2.75) is 92.2 Å². The summed E-state index contributed by atoms with van der Waals surface area (Å²) in [4.78, 5) is 25.6. The summed E-state index contributed by atoms with van der Waals surface area (Å²) >= 11 is 0. The fourth-order valence-electron chi connectivity index (χ4n) is 4.68. The number of hydrogen-bond donors (Lipinski definition) is 2. The Morgan fingerprint density at radius 3 is 1.97 bits per heavy atom. The van der Waals surface area contributed by atoms with Gasteiger partial charge in [0.1, 0.15) is 5.75 Å². The molecule has 0 saturated heterocycles. The lowest BCUT2D eigenvalue weighted by Gasteiger charge is -2.28. The highest BCUT2D eigenvalue weighted by atomic mass is 16.5. The second-order valence-electron chi connectivity index (χ2n) is 12.2. The molecule has 7 heteroatoms. The van der Waals surface area contributed by atoms with Gasteiger partial charge in [-0.3, -0.25) is 10.2 Å². The second kappa shape index (κ2) is 11.6. The predicted octanol–water partition coefficient (Wildman–Crippen LogP) is 6.13. The van der Waals surface area contributed by atoms with Crippen LogP contribution in [0.2, 0.25) is 0 Å². The minimum absolute atomic E-state index is 0.0300. The van der Waals surface area contributed by atoms with E-state index in [-0.39, 0.29) is 40.5 Å². The quantitative estimate of drug-likeness (QED) is 0.255. The van der Waals surface area contributed by atoms with Crippen LogP contribution in [0.25, 0.3) is 0 Å². The number of phenols is 1. The molecule has 2 aromatic carbocycles. The Kier molecular flexibility index (Phi) is 8.94. The first kappa shape index (κ1) is 29.9. The molecule has 39 heavy (non-hydrogen) atoms. The van der Waals surface area contributed by atoms with Crippen LogP contribution < -0.4 is 5.62 Å². The Balaban J connectivity index is 1.95. The summed E-state index contributed by atoms with van der Waals surface area (Å²) < 4.78 is 8.67. The smallest absolute Gasteiger partial charge is 0.338 e. The number of ketones is 1. The molecule has 0 aliphatic rings. The van der Waals surface area contributed by atoms with Crippen molar-refractivity contribution in [3.05, 3.63) is 81.7 Å². The van der Waals surface area contributed by atoms with E-state index >= 15 is 0 Å². The molecule has 1 aromatic heterocycles. The molecule has 0 unspecified atom stereocenters. The third-order valence-electron chi connectivity index (χ3n) is 6.85. The number of aromatic hydroxyl groups is 1. The summed E-state index contributed by atoms with van der Waals surface area (Å²) in [6.45, 7) is 16.8. The van der Waals surface area contributed by atoms with Gasteiger partial charge in [-0.1, -0.05) is 67.0 Å². The number of Topliss-reactive ketones (excluding diaryl/α,β-unsaturated/α-hetero) is 1. The first-order valence-corrected chi connectivity index (χ1v) is 13.7. The minimum atomic E-state index is -0.354. The average Bonchev–Trinajstić information content (AvgIpc) is 3.12. The number of phenolic OH excluding ortho intramolecular Hbond substituents is 1. The largest absolute Gasteiger partial charge is 0.507 e. The van der Waals surface area contributed by atoms with Crippen molar-refractivity contribution in [2.75, 3.05) is 6.61 Å². The topological polar surface area (TPSA) is 97.3 Å². The number of imidazole rings is 1. The number of nitrogens with one attached hydrogen (secondary N) is 1. The third-order valence-corrected chi connectivity index (χ3v) is 6.85. The average molecular weight is 534 g/mol. The molecular weight excluding hydrogens is 490 g/mol. The van der Waals surface area contributed by atoms with E-state index in [2.05, 4.69) is 6.92 Å². The Bertz CT molecular complexity index is 1360. The maximum absolute atomic E-state index is 13.6. The zero-order valence-corrected chi connectivity index (χ0v) is 24.6. The maximum Gasteiger partial charge on any atom is 0.338 e. The van der Waals surface area contributed by atoms with Crippen LogP contribution in [0.4, 0.5) is 0 Å². The zero-order chi connectivity index (χ0) is 29.1. The van der Waals surface area contributed by atoms with E-state index in [9.17, 15) is 14.7 Å². The van der Waals surface area contributed by atoms with E-state index in [1.54, 1.807) is 35.8 Å². The van der Waals surface area contributed by atoms with Gasteiger partial charge in [0.15, 0.2) is 5.78 Å². The van der Waals surface area contributed by atoms with Crippen molar-refractivity contribution in [1.82, 2.24) is 9.13 Å². The highest BCUT2D eigenvalue weighted by Gasteiger charge is 2.28. The Labute approximate surface area is 232 Å². The van der Waals surface area contributed by atoms with Gasteiger partial charge in [0, 0.05) is 28.6 Å². The number of hydrogen-bond acceptors (Lipinski definition) is 5. The Morgan fingerprint density at radius 2 is 1.49 bits per heavy atom. The number of aryl methyl sites for hydroxylation is 1. The monoisotopic (exact) mass is 533 g/mol. The third kappa shape index (κ3) is 6.88. The van der Waals surface area contributed by atoms with Gasteiger partial charge in [0.2, 0.25) is 5.62 Å². The molecule has 2 N–H and O–H groups in total. The number of benzene rings is 2. The van der Waals surface area contributed by atoms with Crippen LogP contribution in [0.1, 0.15) is 105 Å². The van der Waals surface area contributed by atoms with Crippen molar-refractivity contribution >= 4 is 11.8 Å². The fourth-order valence-corrected chi connectivity index (χ4v) is 4.68. The van der Waals surface area contributed by atoms with Crippen molar-refractivity contribution in [1.29, 1.82) is 5.41 Å². The number of aromatic nitrogens is 2. The van der Waals surface area contributed by atoms with Gasteiger partial charge in [-0.2, -0.15) is 0 Å². The molecule has 210 valence electrons. The van der Waals surface area contributed by atoms with Gasteiger partial charge in [-0.25, -0.2) is 4.79 Å². The van der Waals surface area contributed by atoms with Gasteiger partial charge in [-0.15, -0.1) is 0 Å². The molecule has 0 saturated carbocycles. The van der Waals surface area contributed by atoms with E-state index < -0.39 is 0 Å². The Hall–Kier alpha value is -3.61. The van der Waals surface area contributed by atoms with Gasteiger partial charge >= 0.3 is 5.97 Å². The van der Waals surface area contributed by atoms with Crippen molar-refractivity contribution in [2.24, 2.45) is 0 Å². The van der Waals surface area contributed by atoms with Crippen LogP contribution in [-0.2, 0) is 35.1 Å². The van der Waals surface area contributed by atoms with Crippen molar-refractivity contribution in [3.63, 3.8) is 0 Å². The van der Waals surface area contributed by atoms with Crippen LogP contribution in [0.5, 0.6) is 5.75 Å². The first-order chi connectivity index (χ1) is 18.2. The first-order valence-electron chi connectivity index (χ1n) is 13.7. The Morgan fingerprint density at radius 1 is 0.923 bits per heavy atom. The van der Waals surface area contributed by atoms with E-state index in [1.165, 1.54) is 0 Å². The molecule has 0 fully saturated rings. The normalized spacial score (nSPS) is 12.0. The van der Waals surface area contributed by atoms with Gasteiger partial charge in [0.05, 0.1) is 25.3 Å². The summed E-state index contributed by atoms with van der Waals surface area (Å²) in [7, 11) is 0. The predicted molar refractivity (Wildman–Crippen MR) is 154 cm³/mol. The van der Waals surface area contributed by atoms with Gasteiger partial charge in [0.25, 0.3) is 0 Å². The summed E-state index contributed by atoms with van der Waals surface area (Å²) in [5.74, 6) is -0.220. The number of esters is 1. The molecule has 0 aliphatic carbocycles. The maximum atomic E-state index is 13.6. The number of carbonyl (C=O) groups excluding carboxylic acids is 2. The van der Waals surface area contributed by atoms with Gasteiger partial charge in [-0.05, 0) is 54.0 Å². The van der Waals surface area contributed by atoms with E-state index in [0.29, 0.717) is 24.3 Å². The summed E-state index contributed by atoms with van der Waals surface area (Å²) in [6, 6.07) is 10.8. The molecule has 0 radical (unpaired) electrons. The SMILES string of the molecule is CCCc1cn(CC(=O)c2cc(C(C)(C)C)c(O)c(C(C)(C)C)c2)c(=N)n1Cc1ccc(C(=O)OCC)cc1. The minimum Gasteiger partial charge on any atom is -0.507 e. The standard InChI is InChI=1S/C32H43N3O4/c1-9-11-24-19-34(30(33)35(24)18-21-12-14-22(15-13-21)29(38)39-10-2)20-27(36)23-16-25(31(3,4)5)28(37)26(17-23)32(6,7)8/h12-17,19,33,37H,9-11,18,20H2,1-8H3. The van der Waals surface area contributed by atoms with E-state index in [4.69, 9.17) is 10.1 Å². The summed E-state index contributed by atoms with van der Waals surface area (Å²) in [5, 5.41) is 19.9. The van der Waals surface area contributed by atoms with Gasteiger partial charge < -0.3 is 19.0 Å². The van der Waals surface area contributed by atoms with Crippen molar-refractivity contribution < 1.29 is 19.4 Å². The molecule has 0 amide bonds. The fraction of sp³-hybridized carbons (Fsp3) is 0.469. The molecule has 0 aliphatic heterocycles. The van der Waals surface area contributed by atoms with Crippen LogP contribution >= 0.6 is 0 Å². The lowest BCUT2D eigenvalue weighted by molar-refractivity contribution is 0.0526. The zero-order valence-electron chi connectivity index (χ0n) is 24.6. The molecule has 7 nitrogen and oxygen atoms in total. The summed E-state index contributed by atoms with van der Waals surface area (Å²) in [6.07, 6.45) is 3.57. The van der Waals surface area contributed by atoms with Crippen LogP contribution in [0.15, 0.2) is 42.6 Å². The van der Waals surface area contributed by atoms with Crippen molar-refractivity contribution in [3.8, 4) is 5.75 Å². The molecule has 3 rings (SSSR count). The van der Waals surface area contributed by atoms with E-state index in [0.717, 1.165) is 35.2 Å². The van der Waals surface area contributed by atoms with Crippen LogP contribution in [-0.4, -0.2) is 32.6 Å². The molecule has 1 heterocycles. The lowest BCUT2D eigenvalue weighted by Crippen LogP contribution is -2.28. The van der Waals surface area contributed by atoms with E-state index in [1.807, 2.05) is 64.4 Å². The number of rotatable bonds is 9. The molecule has 3 aromatic rings. The highest BCUT2D eigenvalue weighted by molar-refractivity contribution is 5.96. The van der Waals surface area contributed by atoms with Crippen LogP contribution in [0.3, 0.4) is 0 Å². The molecule has 0 spiro atoms. The highest BCUT2D eigenvalue weighted by Crippen LogP contribution is 2.39. The molecule has 0 atom stereocenters. The number of nitrogens with zero attached hydrogens (tertiary/aromatic N) is 2. The van der Waals surface area contributed by atoms with Crippen LogP contribution in [0, 0.1) is 5.41 Å². The number of carbonyl (C=O) groups is 2. The number of ether oxygens (including phenoxy) is 1. The molecule has 0 bridgehead atoms. The second-order valence-corrected chi connectivity index (χ2v) is 12.2. The molecular formula is C32H43N3O4. The summed E-state index contributed by atoms with van der Waals surface area (Å²) in [5.41, 5.74) is 4.00.